The average molecular weight is 249 g/mol. The summed E-state index contributed by atoms with van der Waals surface area (Å²) in [6.45, 7) is 3.30. The van der Waals surface area contributed by atoms with Crippen LogP contribution < -0.4 is 0 Å². The maximum Gasteiger partial charge on any atom is 0.0577 e. The Morgan fingerprint density at radius 2 is 2.15 bits per heavy atom. The fraction of sp³-hybridized carbons (Fsp3) is 1.00. The fourth-order valence-corrected chi connectivity index (χ4v) is 2.37. The molecule has 78 valence electrons. The van der Waals surface area contributed by atoms with E-state index in [1.807, 2.05) is 0 Å². The molecular weight excluding hydrogens is 228 g/mol. The summed E-state index contributed by atoms with van der Waals surface area (Å²) in [6, 6.07) is 0. The molecule has 0 amide bonds. The standard InChI is InChI=1S/C11H21BrO/c1-10-5-4-6-11(9-10)13-8-3-2-7-12/h10-11H,2-9H2,1H3. The van der Waals surface area contributed by atoms with Crippen molar-refractivity contribution in [3.63, 3.8) is 0 Å². The van der Waals surface area contributed by atoms with Crippen molar-refractivity contribution in [3.05, 3.63) is 0 Å². The van der Waals surface area contributed by atoms with Gasteiger partial charge in [0.25, 0.3) is 0 Å². The summed E-state index contributed by atoms with van der Waals surface area (Å²) < 4.78 is 5.83. The second-order valence-electron chi connectivity index (χ2n) is 4.16. The second kappa shape index (κ2) is 6.83. The first-order valence-electron chi connectivity index (χ1n) is 5.50. The summed E-state index contributed by atoms with van der Waals surface area (Å²) in [5.41, 5.74) is 0. The van der Waals surface area contributed by atoms with Crippen LogP contribution >= 0.6 is 15.9 Å². The van der Waals surface area contributed by atoms with Crippen LogP contribution in [-0.4, -0.2) is 18.0 Å². The highest BCUT2D eigenvalue weighted by molar-refractivity contribution is 9.09. The summed E-state index contributed by atoms with van der Waals surface area (Å²) in [6.07, 6.45) is 8.36. The minimum atomic E-state index is 0.569. The second-order valence-corrected chi connectivity index (χ2v) is 4.95. The van der Waals surface area contributed by atoms with Gasteiger partial charge in [0.05, 0.1) is 6.10 Å². The predicted octanol–water partition coefficient (Wildman–Crippen LogP) is 3.76. The lowest BCUT2D eigenvalue weighted by Crippen LogP contribution is -2.21. The van der Waals surface area contributed by atoms with Crippen LogP contribution in [0.4, 0.5) is 0 Å². The molecule has 0 saturated heterocycles. The molecule has 1 aliphatic rings. The molecule has 0 aliphatic heterocycles. The number of hydrogen-bond acceptors (Lipinski definition) is 1. The van der Waals surface area contributed by atoms with Crippen LogP contribution in [0.3, 0.4) is 0 Å². The minimum Gasteiger partial charge on any atom is -0.378 e. The maximum atomic E-state index is 5.83. The first-order chi connectivity index (χ1) is 6.33. The van der Waals surface area contributed by atoms with Gasteiger partial charge in [0.1, 0.15) is 0 Å². The normalized spacial score (nSPS) is 29.1. The van der Waals surface area contributed by atoms with E-state index >= 15 is 0 Å². The maximum absolute atomic E-state index is 5.83. The molecule has 0 aromatic heterocycles. The lowest BCUT2D eigenvalue weighted by Gasteiger charge is -2.26. The fourth-order valence-electron chi connectivity index (χ4n) is 1.98. The van der Waals surface area contributed by atoms with Crippen molar-refractivity contribution in [2.24, 2.45) is 5.92 Å². The van der Waals surface area contributed by atoms with Crippen LogP contribution in [0.25, 0.3) is 0 Å². The molecule has 0 heterocycles. The van der Waals surface area contributed by atoms with E-state index in [-0.39, 0.29) is 0 Å². The van der Waals surface area contributed by atoms with E-state index in [1.165, 1.54) is 38.5 Å². The third kappa shape index (κ3) is 5.02. The van der Waals surface area contributed by atoms with Crippen LogP contribution in [-0.2, 0) is 4.74 Å². The summed E-state index contributed by atoms with van der Waals surface area (Å²) in [7, 11) is 0. The van der Waals surface area contributed by atoms with Crippen LogP contribution in [0.1, 0.15) is 45.4 Å². The Balaban J connectivity index is 2.00. The van der Waals surface area contributed by atoms with E-state index in [4.69, 9.17) is 4.74 Å². The number of rotatable bonds is 5. The Kier molecular flexibility index (Phi) is 6.05. The Morgan fingerprint density at radius 1 is 1.31 bits per heavy atom. The van der Waals surface area contributed by atoms with Gasteiger partial charge in [-0.15, -0.1) is 0 Å². The molecule has 13 heavy (non-hydrogen) atoms. The van der Waals surface area contributed by atoms with Crippen molar-refractivity contribution in [2.75, 3.05) is 11.9 Å². The largest absolute Gasteiger partial charge is 0.378 e. The molecule has 2 heteroatoms. The molecule has 1 aliphatic carbocycles. The molecule has 0 spiro atoms. The molecule has 2 unspecified atom stereocenters. The summed E-state index contributed by atoms with van der Waals surface area (Å²) in [5.74, 6) is 0.884. The molecule has 0 N–H and O–H groups in total. The summed E-state index contributed by atoms with van der Waals surface area (Å²) in [4.78, 5) is 0. The van der Waals surface area contributed by atoms with Crippen LogP contribution in [0.15, 0.2) is 0 Å². The smallest absolute Gasteiger partial charge is 0.0577 e. The zero-order valence-electron chi connectivity index (χ0n) is 8.60. The van der Waals surface area contributed by atoms with Gasteiger partial charge < -0.3 is 4.74 Å². The van der Waals surface area contributed by atoms with Crippen LogP contribution in [0.2, 0.25) is 0 Å². The highest BCUT2D eigenvalue weighted by atomic mass is 79.9. The van der Waals surface area contributed by atoms with E-state index in [0.717, 1.165) is 17.9 Å². The zero-order valence-corrected chi connectivity index (χ0v) is 10.2. The van der Waals surface area contributed by atoms with E-state index in [9.17, 15) is 0 Å². The summed E-state index contributed by atoms with van der Waals surface area (Å²) >= 11 is 3.43. The lowest BCUT2D eigenvalue weighted by atomic mass is 9.89. The molecule has 1 rings (SSSR count). The molecule has 1 nitrogen and oxygen atoms in total. The Morgan fingerprint density at radius 3 is 2.85 bits per heavy atom. The van der Waals surface area contributed by atoms with Gasteiger partial charge in [0, 0.05) is 11.9 Å². The molecule has 1 fully saturated rings. The number of alkyl halides is 1. The van der Waals surface area contributed by atoms with Gasteiger partial charge in [-0.25, -0.2) is 0 Å². The van der Waals surface area contributed by atoms with Crippen LogP contribution in [0, 0.1) is 5.92 Å². The first-order valence-corrected chi connectivity index (χ1v) is 6.62. The lowest BCUT2D eigenvalue weighted by molar-refractivity contribution is 0.0144. The van der Waals surface area contributed by atoms with Crippen molar-refractivity contribution in [3.8, 4) is 0 Å². The van der Waals surface area contributed by atoms with E-state index < -0.39 is 0 Å². The number of halogens is 1. The first kappa shape index (κ1) is 11.5. The highest BCUT2D eigenvalue weighted by Gasteiger charge is 2.18. The minimum absolute atomic E-state index is 0.569. The topological polar surface area (TPSA) is 9.23 Å². The number of hydrogen-bond donors (Lipinski definition) is 0. The quantitative estimate of drug-likeness (QED) is 0.532. The molecule has 2 atom stereocenters. The van der Waals surface area contributed by atoms with Crippen molar-refractivity contribution in [1.29, 1.82) is 0 Å². The Hall–Kier alpha value is 0.440. The molecule has 0 aromatic rings. The Bertz CT molecular complexity index is 127. The van der Waals surface area contributed by atoms with Gasteiger partial charge in [-0.05, 0) is 31.6 Å². The van der Waals surface area contributed by atoms with E-state index in [0.29, 0.717) is 6.10 Å². The van der Waals surface area contributed by atoms with E-state index in [1.54, 1.807) is 0 Å². The zero-order chi connectivity index (χ0) is 9.52. The van der Waals surface area contributed by atoms with Crippen molar-refractivity contribution >= 4 is 15.9 Å². The monoisotopic (exact) mass is 248 g/mol. The molecule has 0 radical (unpaired) electrons. The van der Waals surface area contributed by atoms with Crippen molar-refractivity contribution in [1.82, 2.24) is 0 Å². The molecule has 0 aromatic carbocycles. The van der Waals surface area contributed by atoms with Crippen molar-refractivity contribution < 1.29 is 4.74 Å². The van der Waals surface area contributed by atoms with E-state index in [2.05, 4.69) is 22.9 Å². The number of unbranched alkanes of at least 4 members (excludes halogenated alkanes) is 1. The SMILES string of the molecule is CC1CCCC(OCCCCBr)C1. The van der Waals surface area contributed by atoms with Gasteiger partial charge in [-0.3, -0.25) is 0 Å². The third-order valence-corrected chi connectivity index (χ3v) is 3.33. The average Bonchev–Trinajstić information content (AvgIpc) is 2.13. The molecule has 0 bridgehead atoms. The van der Waals surface area contributed by atoms with Gasteiger partial charge in [0.15, 0.2) is 0 Å². The van der Waals surface area contributed by atoms with Crippen molar-refractivity contribution in [2.45, 2.75) is 51.6 Å². The number of ether oxygens (including phenoxy) is 1. The molecular formula is C11H21BrO. The summed E-state index contributed by atoms with van der Waals surface area (Å²) in [5, 5.41) is 1.11. The van der Waals surface area contributed by atoms with Gasteiger partial charge >= 0.3 is 0 Å². The van der Waals surface area contributed by atoms with Crippen LogP contribution in [0.5, 0.6) is 0 Å². The molecule has 1 saturated carbocycles. The highest BCUT2D eigenvalue weighted by Crippen LogP contribution is 2.25. The Labute approximate surface area is 90.4 Å². The van der Waals surface area contributed by atoms with Gasteiger partial charge in [-0.2, -0.15) is 0 Å². The van der Waals surface area contributed by atoms with Gasteiger partial charge in [-0.1, -0.05) is 35.7 Å². The third-order valence-electron chi connectivity index (χ3n) is 2.77. The van der Waals surface area contributed by atoms with Gasteiger partial charge in [0.2, 0.25) is 0 Å². The predicted molar refractivity (Wildman–Crippen MR) is 60.4 cm³/mol.